The topological polar surface area (TPSA) is 37.4 Å². The van der Waals surface area contributed by atoms with Crippen molar-refractivity contribution in [2.24, 2.45) is 0 Å². The maximum atomic E-state index is 11.8. The summed E-state index contributed by atoms with van der Waals surface area (Å²) in [6.07, 6.45) is 1.36. The molecule has 1 aromatic rings. The number of imide groups is 1. The van der Waals surface area contributed by atoms with E-state index in [4.69, 9.17) is 0 Å². The summed E-state index contributed by atoms with van der Waals surface area (Å²) in [5.74, 6) is -0.534. The number of benzene rings is 1. The number of hydrogen-bond donors (Lipinski definition) is 0. The quantitative estimate of drug-likeness (QED) is 0.728. The zero-order valence-electron chi connectivity index (χ0n) is 9.86. The Hall–Kier alpha value is -2.16. The van der Waals surface area contributed by atoms with Gasteiger partial charge < -0.3 is 0 Å². The molecule has 0 saturated carbocycles. The van der Waals surface area contributed by atoms with Gasteiger partial charge in [-0.1, -0.05) is 24.3 Å². The first-order valence-corrected chi connectivity index (χ1v) is 5.33. The van der Waals surface area contributed by atoms with Crippen molar-refractivity contribution >= 4 is 23.1 Å². The molecule has 86 valence electrons. The van der Waals surface area contributed by atoms with Gasteiger partial charge >= 0.3 is 0 Å². The Balaban J connectivity index is 2.34. The normalized spacial score (nSPS) is 15.2. The minimum atomic E-state index is -0.282. The number of allylic oxidation sites excluding steroid dienone is 1. The highest BCUT2D eigenvalue weighted by molar-refractivity contribution is 6.30. The third kappa shape index (κ3) is 1.91. The first-order valence-electron chi connectivity index (χ1n) is 5.33. The summed E-state index contributed by atoms with van der Waals surface area (Å²) in [5, 5.41) is 0. The van der Waals surface area contributed by atoms with Gasteiger partial charge in [-0.25, -0.2) is 4.90 Å². The molecule has 2 rings (SSSR count). The molecule has 0 N–H and O–H groups in total. The Morgan fingerprint density at radius 1 is 1.18 bits per heavy atom. The number of nitrogens with zero attached hydrogens (tertiary/aromatic N) is 1. The van der Waals surface area contributed by atoms with E-state index in [0.717, 1.165) is 11.1 Å². The van der Waals surface area contributed by atoms with Gasteiger partial charge in [-0.15, -0.1) is 0 Å². The molecule has 3 heteroatoms. The smallest absolute Gasteiger partial charge is 0.261 e. The molecule has 0 aromatic heterocycles. The zero-order valence-corrected chi connectivity index (χ0v) is 9.86. The lowest BCUT2D eigenvalue weighted by molar-refractivity contribution is -0.120. The van der Waals surface area contributed by atoms with Gasteiger partial charge in [-0.2, -0.15) is 0 Å². The summed E-state index contributed by atoms with van der Waals surface area (Å²) in [6, 6.07) is 7.22. The van der Waals surface area contributed by atoms with E-state index in [1.807, 2.05) is 19.1 Å². The maximum Gasteiger partial charge on any atom is 0.261 e. The fraction of sp³-hybridized carbons (Fsp3) is 0.143. The summed E-state index contributed by atoms with van der Waals surface area (Å²) in [5.41, 5.74) is 3.01. The van der Waals surface area contributed by atoms with Crippen LogP contribution in [0.25, 0.3) is 5.57 Å². The molecule has 0 fully saturated rings. The number of amides is 2. The molecule has 0 aliphatic carbocycles. The summed E-state index contributed by atoms with van der Waals surface area (Å²) in [6.45, 7) is 7.39. The van der Waals surface area contributed by atoms with Crippen LogP contribution in [0.5, 0.6) is 0 Å². The van der Waals surface area contributed by atoms with E-state index in [1.165, 1.54) is 11.0 Å². The minimum Gasteiger partial charge on any atom is -0.269 e. The molecule has 0 atom stereocenters. The van der Waals surface area contributed by atoms with E-state index in [0.29, 0.717) is 11.3 Å². The monoisotopic (exact) mass is 227 g/mol. The third-order valence-electron chi connectivity index (χ3n) is 2.72. The van der Waals surface area contributed by atoms with Crippen LogP contribution in [0.3, 0.4) is 0 Å². The van der Waals surface area contributed by atoms with Crippen molar-refractivity contribution in [1.82, 2.24) is 0 Å². The van der Waals surface area contributed by atoms with Crippen molar-refractivity contribution in [3.8, 4) is 0 Å². The predicted molar refractivity (Wildman–Crippen MR) is 67.4 cm³/mol. The lowest BCUT2D eigenvalue weighted by atomic mass is 10.1. The van der Waals surface area contributed by atoms with E-state index in [1.54, 1.807) is 19.1 Å². The van der Waals surface area contributed by atoms with E-state index >= 15 is 0 Å². The molecule has 0 bridgehead atoms. The highest BCUT2D eigenvalue weighted by atomic mass is 16.2. The van der Waals surface area contributed by atoms with Gasteiger partial charge in [0.05, 0.1) is 5.69 Å². The van der Waals surface area contributed by atoms with E-state index < -0.39 is 0 Å². The van der Waals surface area contributed by atoms with Gasteiger partial charge in [-0.05, 0) is 31.5 Å². The lowest BCUT2D eigenvalue weighted by Crippen LogP contribution is -2.30. The predicted octanol–water partition coefficient (Wildman–Crippen LogP) is 2.54. The number of carbonyl (C=O) groups is 2. The van der Waals surface area contributed by atoms with Gasteiger partial charge in [0, 0.05) is 11.6 Å². The van der Waals surface area contributed by atoms with Crippen LogP contribution in [-0.4, -0.2) is 11.8 Å². The van der Waals surface area contributed by atoms with Crippen LogP contribution >= 0.6 is 0 Å². The second-order valence-corrected chi connectivity index (χ2v) is 4.13. The van der Waals surface area contributed by atoms with E-state index in [2.05, 4.69) is 6.58 Å². The Labute approximate surface area is 100 Å². The standard InChI is InChI=1S/C14H13NO2/c1-9(2)11-4-6-12(7-5-11)15-13(16)8-10(3)14(15)17/h4-8H,1H2,2-3H3. The first kappa shape index (κ1) is 11.3. The molecule has 1 aliphatic heterocycles. The van der Waals surface area contributed by atoms with Crippen LogP contribution in [0, 0.1) is 0 Å². The molecule has 1 aromatic carbocycles. The Morgan fingerprint density at radius 2 is 1.76 bits per heavy atom. The highest BCUT2D eigenvalue weighted by Crippen LogP contribution is 2.23. The molecule has 0 saturated heterocycles. The van der Waals surface area contributed by atoms with Crippen LogP contribution in [-0.2, 0) is 9.59 Å². The van der Waals surface area contributed by atoms with Crippen LogP contribution in [0.1, 0.15) is 19.4 Å². The molecule has 17 heavy (non-hydrogen) atoms. The minimum absolute atomic E-state index is 0.252. The molecule has 0 spiro atoms. The molecular formula is C14H13NO2. The Morgan fingerprint density at radius 3 is 2.18 bits per heavy atom. The molecule has 1 aliphatic rings. The van der Waals surface area contributed by atoms with Crippen molar-refractivity contribution in [3.63, 3.8) is 0 Å². The molecule has 2 amide bonds. The first-order chi connectivity index (χ1) is 8.00. The van der Waals surface area contributed by atoms with Gasteiger partial charge in [0.1, 0.15) is 0 Å². The van der Waals surface area contributed by atoms with Crippen molar-refractivity contribution in [2.45, 2.75) is 13.8 Å². The number of hydrogen-bond acceptors (Lipinski definition) is 2. The Kier molecular flexibility index (Phi) is 2.68. The van der Waals surface area contributed by atoms with Gasteiger partial charge in [0.2, 0.25) is 0 Å². The van der Waals surface area contributed by atoms with Crippen LogP contribution in [0.15, 0.2) is 42.5 Å². The van der Waals surface area contributed by atoms with Crippen LogP contribution < -0.4 is 4.90 Å². The molecule has 1 heterocycles. The average molecular weight is 227 g/mol. The summed E-state index contributed by atoms with van der Waals surface area (Å²) >= 11 is 0. The Bertz CT molecular complexity index is 538. The third-order valence-corrected chi connectivity index (χ3v) is 2.72. The maximum absolute atomic E-state index is 11.8. The average Bonchev–Trinajstić information content (AvgIpc) is 2.53. The number of anilines is 1. The zero-order chi connectivity index (χ0) is 12.6. The van der Waals surface area contributed by atoms with Crippen molar-refractivity contribution in [1.29, 1.82) is 0 Å². The van der Waals surface area contributed by atoms with E-state index in [-0.39, 0.29) is 11.8 Å². The second kappa shape index (κ2) is 4.01. The molecular weight excluding hydrogens is 214 g/mol. The molecule has 3 nitrogen and oxygen atoms in total. The number of carbonyl (C=O) groups excluding carboxylic acids is 2. The fourth-order valence-corrected chi connectivity index (χ4v) is 1.73. The SMILES string of the molecule is C=C(C)c1ccc(N2C(=O)C=C(C)C2=O)cc1. The van der Waals surface area contributed by atoms with Gasteiger partial charge in [0.25, 0.3) is 11.8 Å². The summed E-state index contributed by atoms with van der Waals surface area (Å²) < 4.78 is 0. The van der Waals surface area contributed by atoms with Gasteiger partial charge in [-0.3, -0.25) is 9.59 Å². The van der Waals surface area contributed by atoms with Crippen LogP contribution in [0.4, 0.5) is 5.69 Å². The van der Waals surface area contributed by atoms with Gasteiger partial charge in [0.15, 0.2) is 0 Å². The summed E-state index contributed by atoms with van der Waals surface area (Å²) in [4.78, 5) is 24.6. The van der Waals surface area contributed by atoms with Crippen molar-refractivity contribution < 1.29 is 9.59 Å². The number of rotatable bonds is 2. The van der Waals surface area contributed by atoms with Crippen LogP contribution in [0.2, 0.25) is 0 Å². The lowest BCUT2D eigenvalue weighted by Gasteiger charge is -2.14. The largest absolute Gasteiger partial charge is 0.269 e. The second-order valence-electron chi connectivity index (χ2n) is 4.13. The fourth-order valence-electron chi connectivity index (χ4n) is 1.73. The summed E-state index contributed by atoms with van der Waals surface area (Å²) in [7, 11) is 0. The van der Waals surface area contributed by atoms with Crippen molar-refractivity contribution in [3.05, 3.63) is 48.1 Å². The highest BCUT2D eigenvalue weighted by Gasteiger charge is 2.29. The molecule has 0 unspecified atom stereocenters. The molecule has 0 radical (unpaired) electrons. The van der Waals surface area contributed by atoms with Crippen molar-refractivity contribution in [2.75, 3.05) is 4.90 Å². The van der Waals surface area contributed by atoms with E-state index in [9.17, 15) is 9.59 Å².